The third-order valence-corrected chi connectivity index (χ3v) is 6.28. The van der Waals surface area contributed by atoms with Crippen molar-refractivity contribution in [3.8, 4) is 0 Å². The maximum absolute atomic E-state index is 12.2. The second-order valence-corrected chi connectivity index (χ2v) is 11.6. The SMILES string of the molecule is CCNC(=NCCS(=O)C(C)(C)C)NC1CCC(NC(=O)OC(C)(C)C)CC1.I. The van der Waals surface area contributed by atoms with Crippen molar-refractivity contribution in [2.24, 2.45) is 4.99 Å². The van der Waals surface area contributed by atoms with Gasteiger partial charge in [0, 0.05) is 39.9 Å². The molecule has 0 aromatic rings. The van der Waals surface area contributed by atoms with Crippen molar-refractivity contribution in [1.29, 1.82) is 0 Å². The maximum Gasteiger partial charge on any atom is 0.407 e. The first kappa shape index (κ1) is 28.4. The Morgan fingerprint density at radius 3 is 2.00 bits per heavy atom. The summed E-state index contributed by atoms with van der Waals surface area (Å²) in [6, 6.07) is 0.476. The number of hydrogen-bond donors (Lipinski definition) is 3. The normalized spacial score (nSPS) is 21.6. The second-order valence-electron chi connectivity index (χ2n) is 9.26. The maximum atomic E-state index is 12.2. The van der Waals surface area contributed by atoms with Gasteiger partial charge >= 0.3 is 6.09 Å². The van der Waals surface area contributed by atoms with Gasteiger partial charge in [-0.25, -0.2) is 4.79 Å². The Balaban J connectivity index is 0.00000784. The molecular weight excluding hydrogens is 503 g/mol. The Hall–Kier alpha value is -0.580. The lowest BCUT2D eigenvalue weighted by Gasteiger charge is -2.31. The molecule has 0 bridgehead atoms. The molecule has 1 rings (SSSR count). The Morgan fingerprint density at radius 2 is 1.55 bits per heavy atom. The molecule has 7 nitrogen and oxygen atoms in total. The molecule has 1 fully saturated rings. The van der Waals surface area contributed by atoms with E-state index in [1.165, 1.54) is 0 Å². The fourth-order valence-electron chi connectivity index (χ4n) is 2.92. The van der Waals surface area contributed by atoms with Gasteiger partial charge in [0.15, 0.2) is 5.96 Å². The Labute approximate surface area is 196 Å². The van der Waals surface area contributed by atoms with Gasteiger partial charge in [-0.15, -0.1) is 24.0 Å². The minimum atomic E-state index is -0.897. The van der Waals surface area contributed by atoms with E-state index in [1.807, 2.05) is 48.5 Å². The predicted molar refractivity (Wildman–Crippen MR) is 133 cm³/mol. The number of ether oxygens (including phenoxy) is 1. The third kappa shape index (κ3) is 12.7. The van der Waals surface area contributed by atoms with Crippen molar-refractivity contribution in [2.75, 3.05) is 18.8 Å². The molecule has 0 aliphatic heterocycles. The van der Waals surface area contributed by atoms with Gasteiger partial charge in [-0.05, 0) is 74.1 Å². The number of aliphatic imine (C=N–C) groups is 1. The highest BCUT2D eigenvalue weighted by Gasteiger charge is 2.25. The number of nitrogens with one attached hydrogen (secondary N) is 3. The van der Waals surface area contributed by atoms with Crippen molar-refractivity contribution < 1.29 is 13.7 Å². The van der Waals surface area contributed by atoms with E-state index in [0.717, 1.165) is 38.2 Å². The van der Waals surface area contributed by atoms with E-state index < -0.39 is 16.4 Å². The number of hydrogen-bond acceptors (Lipinski definition) is 4. The van der Waals surface area contributed by atoms with Crippen LogP contribution in [0.4, 0.5) is 4.79 Å². The number of alkyl carbamates (subject to hydrolysis) is 1. The quantitative estimate of drug-likeness (QED) is 0.270. The lowest BCUT2D eigenvalue weighted by molar-refractivity contribution is 0.0490. The summed E-state index contributed by atoms with van der Waals surface area (Å²) < 4.78 is 17.3. The summed E-state index contributed by atoms with van der Waals surface area (Å²) in [7, 11) is -0.897. The van der Waals surface area contributed by atoms with E-state index in [-0.39, 0.29) is 40.9 Å². The first-order valence-corrected chi connectivity index (χ1v) is 11.7. The van der Waals surface area contributed by atoms with Crippen molar-refractivity contribution in [3.05, 3.63) is 0 Å². The summed E-state index contributed by atoms with van der Waals surface area (Å²) in [5.74, 6) is 1.34. The van der Waals surface area contributed by atoms with Crippen LogP contribution in [0.15, 0.2) is 4.99 Å². The van der Waals surface area contributed by atoms with Crippen LogP contribution in [0.25, 0.3) is 0 Å². The number of guanidine groups is 1. The molecule has 29 heavy (non-hydrogen) atoms. The van der Waals surface area contributed by atoms with Crippen LogP contribution in [0.5, 0.6) is 0 Å². The lowest BCUT2D eigenvalue weighted by atomic mass is 9.91. The summed E-state index contributed by atoms with van der Waals surface area (Å²) in [4.78, 5) is 16.5. The number of halogens is 1. The molecule has 1 atom stereocenters. The van der Waals surface area contributed by atoms with E-state index in [9.17, 15) is 9.00 Å². The van der Waals surface area contributed by atoms with Crippen molar-refractivity contribution >= 4 is 46.8 Å². The van der Waals surface area contributed by atoms with Gasteiger partial charge in [0.1, 0.15) is 5.60 Å². The molecule has 1 aliphatic rings. The van der Waals surface area contributed by atoms with Crippen LogP contribution >= 0.6 is 24.0 Å². The van der Waals surface area contributed by atoms with Gasteiger partial charge < -0.3 is 20.7 Å². The second kappa shape index (κ2) is 13.0. The number of carbonyl (C=O) groups is 1. The fraction of sp³-hybridized carbons (Fsp3) is 0.900. The fourth-order valence-corrected chi connectivity index (χ4v) is 3.79. The standard InChI is InChI=1S/C20H40N4O3S.HI/c1-8-21-17(22-13-14-28(26)20(5,6)7)23-15-9-11-16(12-10-15)24-18(25)27-19(2,3)4;/h15-16H,8-14H2,1-7H3,(H,24,25)(H2,21,22,23);1H. The first-order valence-electron chi connectivity index (χ1n) is 10.3. The van der Waals surface area contributed by atoms with Gasteiger partial charge in [0.05, 0.1) is 6.54 Å². The summed E-state index contributed by atoms with van der Waals surface area (Å²) >= 11 is 0. The Kier molecular flexibility index (Phi) is 12.7. The van der Waals surface area contributed by atoms with Crippen LogP contribution in [0.3, 0.4) is 0 Å². The number of nitrogens with zero attached hydrogens (tertiary/aromatic N) is 1. The van der Waals surface area contributed by atoms with Crippen LogP contribution < -0.4 is 16.0 Å². The lowest BCUT2D eigenvalue weighted by Crippen LogP contribution is -2.48. The minimum absolute atomic E-state index is 0. The molecule has 1 aliphatic carbocycles. The summed E-state index contributed by atoms with van der Waals surface area (Å²) in [6.07, 6.45) is 3.39. The zero-order valence-corrected chi connectivity index (χ0v) is 22.2. The van der Waals surface area contributed by atoms with Crippen LogP contribution in [0, 0.1) is 0 Å². The molecule has 1 saturated carbocycles. The molecule has 0 aromatic heterocycles. The smallest absolute Gasteiger partial charge is 0.407 e. The number of rotatable bonds is 6. The highest BCUT2D eigenvalue weighted by Crippen LogP contribution is 2.19. The van der Waals surface area contributed by atoms with E-state index in [1.54, 1.807) is 0 Å². The molecule has 9 heteroatoms. The summed E-state index contributed by atoms with van der Waals surface area (Å²) in [5, 5.41) is 9.71. The van der Waals surface area contributed by atoms with Crippen LogP contribution in [-0.2, 0) is 15.5 Å². The predicted octanol–water partition coefficient (Wildman–Crippen LogP) is 3.54. The van der Waals surface area contributed by atoms with Crippen LogP contribution in [0.1, 0.15) is 74.1 Å². The first-order chi connectivity index (χ1) is 12.9. The van der Waals surface area contributed by atoms with E-state index in [4.69, 9.17) is 4.74 Å². The minimum Gasteiger partial charge on any atom is -0.444 e. The van der Waals surface area contributed by atoms with Crippen molar-refractivity contribution in [2.45, 2.75) is 96.6 Å². The topological polar surface area (TPSA) is 91.8 Å². The van der Waals surface area contributed by atoms with Gasteiger partial charge in [-0.2, -0.15) is 0 Å². The van der Waals surface area contributed by atoms with Crippen LogP contribution in [-0.4, -0.2) is 57.5 Å². The number of amides is 1. The summed E-state index contributed by atoms with van der Waals surface area (Å²) in [5.41, 5.74) is -0.476. The third-order valence-electron chi connectivity index (χ3n) is 4.36. The van der Waals surface area contributed by atoms with Gasteiger partial charge in [-0.3, -0.25) is 9.20 Å². The zero-order valence-electron chi connectivity index (χ0n) is 19.1. The van der Waals surface area contributed by atoms with Gasteiger partial charge in [0.2, 0.25) is 0 Å². The molecule has 172 valence electrons. The van der Waals surface area contributed by atoms with Gasteiger partial charge in [-0.1, -0.05) is 0 Å². The Bertz CT molecular complexity index is 551. The van der Waals surface area contributed by atoms with Gasteiger partial charge in [0.25, 0.3) is 0 Å². The monoisotopic (exact) mass is 544 g/mol. The van der Waals surface area contributed by atoms with E-state index in [0.29, 0.717) is 18.3 Å². The molecule has 0 spiro atoms. The molecule has 0 aromatic carbocycles. The van der Waals surface area contributed by atoms with Crippen LogP contribution in [0.2, 0.25) is 0 Å². The molecule has 3 N–H and O–H groups in total. The molecular formula is C20H41IN4O3S. The highest BCUT2D eigenvalue weighted by atomic mass is 127. The molecule has 0 saturated heterocycles. The molecule has 1 amide bonds. The molecule has 0 heterocycles. The average Bonchev–Trinajstić information content (AvgIpc) is 2.54. The molecule has 0 radical (unpaired) electrons. The number of carbonyl (C=O) groups excluding carboxylic acids is 1. The average molecular weight is 545 g/mol. The highest BCUT2D eigenvalue weighted by molar-refractivity contribution is 14.0. The zero-order chi connectivity index (χ0) is 21.4. The Morgan fingerprint density at radius 1 is 1.03 bits per heavy atom. The van der Waals surface area contributed by atoms with E-state index >= 15 is 0 Å². The molecule has 1 unspecified atom stereocenters. The summed E-state index contributed by atoms with van der Waals surface area (Å²) in [6.45, 7) is 14.9. The van der Waals surface area contributed by atoms with Crippen molar-refractivity contribution in [1.82, 2.24) is 16.0 Å². The largest absolute Gasteiger partial charge is 0.444 e. The van der Waals surface area contributed by atoms with Crippen molar-refractivity contribution in [3.63, 3.8) is 0 Å². The van der Waals surface area contributed by atoms with E-state index in [2.05, 4.69) is 20.9 Å².